The predicted molar refractivity (Wildman–Crippen MR) is 203 cm³/mol. The smallest absolute Gasteiger partial charge is 0.449 e. The highest BCUT2D eigenvalue weighted by molar-refractivity contribution is 5.95. The number of carboxylic acids is 1. The summed E-state index contributed by atoms with van der Waals surface area (Å²) in [6.07, 6.45) is -4.36. The van der Waals surface area contributed by atoms with Crippen molar-refractivity contribution in [2.24, 2.45) is 0 Å². The topological polar surface area (TPSA) is 193 Å². The molecule has 14 nitrogen and oxygen atoms in total. The Balaban J connectivity index is 0.000000210. The van der Waals surface area contributed by atoms with E-state index in [0.717, 1.165) is 28.7 Å². The number of nitrogens with zero attached hydrogens (tertiary/aromatic N) is 5. The quantitative estimate of drug-likeness (QED) is 0.133. The summed E-state index contributed by atoms with van der Waals surface area (Å²) in [6.45, 7) is -0.863. The summed E-state index contributed by atoms with van der Waals surface area (Å²) in [4.78, 5) is 64.8. The minimum absolute atomic E-state index is 0.149. The van der Waals surface area contributed by atoms with E-state index in [4.69, 9.17) is 5.11 Å². The molecule has 0 unspecified atom stereocenters. The van der Waals surface area contributed by atoms with Crippen LogP contribution in [0.3, 0.4) is 0 Å². The molecule has 0 aliphatic carbocycles. The minimum atomic E-state index is -4.83. The number of aromatic amines is 2. The van der Waals surface area contributed by atoms with E-state index in [1.807, 2.05) is 0 Å². The molecule has 19 heteroatoms. The van der Waals surface area contributed by atoms with Gasteiger partial charge in [0.2, 0.25) is 5.82 Å². The van der Waals surface area contributed by atoms with Crippen molar-refractivity contribution in [3.8, 4) is 0 Å². The second-order valence-electron chi connectivity index (χ2n) is 13.5. The third-order valence-electron chi connectivity index (χ3n) is 9.74. The monoisotopic (exact) mass is 827 g/mol. The van der Waals surface area contributed by atoms with Crippen LogP contribution in [0.2, 0.25) is 0 Å². The molecule has 0 saturated heterocycles. The molecule has 4 heterocycles. The number of H-pyrrole nitrogens is 2. The van der Waals surface area contributed by atoms with Crippen LogP contribution in [0.25, 0.3) is 21.5 Å². The van der Waals surface area contributed by atoms with Gasteiger partial charge in [0.15, 0.2) is 5.69 Å². The van der Waals surface area contributed by atoms with Crippen molar-refractivity contribution in [3.05, 3.63) is 168 Å². The van der Waals surface area contributed by atoms with E-state index in [0.29, 0.717) is 44.1 Å². The second-order valence-corrected chi connectivity index (χ2v) is 13.5. The van der Waals surface area contributed by atoms with Gasteiger partial charge in [-0.15, -0.1) is 0 Å². The first-order valence-corrected chi connectivity index (χ1v) is 17.9. The summed E-state index contributed by atoms with van der Waals surface area (Å²) < 4.78 is 74.1. The summed E-state index contributed by atoms with van der Waals surface area (Å²) in [5.74, 6) is -6.03. The molecule has 4 aromatic carbocycles. The number of amides is 1. The molecule has 0 radical (unpaired) electrons. The number of carboxylic acid groups (broad SMARTS) is 1. The standard InChI is InChI=1S/C25H19F4N5O4.C16H11FN2O3/c1-38-23(37)20-19-12-33(8-9-34(19)24(30-20)25(27,28)29)22(36)16-10-13(6-7-17(16)26)11-18-14-4-2-3-5-15(14)21(35)32-31-18;17-13-6-5-9(7-12(13)16(21)22)8-14-10-3-1-2-4-11(10)15(20)19-18-14/h2-7,10H,8-9,11-12H2,1H3,(H,32,35);1-7H,8H2,(H,19,20)(H,21,22). The summed E-state index contributed by atoms with van der Waals surface area (Å²) in [7, 11) is 1.01. The SMILES string of the molecule is COC(=O)c1nc(C(F)(F)F)n2c1CN(C(=O)c1cc(Cc3n[nH]c(=O)c4ccccc34)ccc1F)CC2.O=C(O)c1cc(Cc2n[nH]c(=O)c3ccccc23)ccc1F. The van der Waals surface area contributed by atoms with Gasteiger partial charge in [0.25, 0.3) is 17.0 Å². The Morgan fingerprint density at radius 1 is 0.750 bits per heavy atom. The Bertz CT molecular complexity index is 2960. The average Bonchev–Trinajstić information content (AvgIpc) is 3.64. The zero-order valence-corrected chi connectivity index (χ0v) is 31.1. The van der Waals surface area contributed by atoms with Crippen LogP contribution in [-0.2, 0) is 36.8 Å². The number of hydrogen-bond donors (Lipinski definition) is 3. The van der Waals surface area contributed by atoms with Gasteiger partial charge >= 0.3 is 18.1 Å². The molecule has 306 valence electrons. The fourth-order valence-electron chi connectivity index (χ4n) is 6.88. The molecule has 1 aliphatic rings. The largest absolute Gasteiger partial charge is 0.478 e. The van der Waals surface area contributed by atoms with Gasteiger partial charge in [-0.05, 0) is 47.5 Å². The van der Waals surface area contributed by atoms with Crippen molar-refractivity contribution in [1.82, 2.24) is 34.8 Å². The van der Waals surface area contributed by atoms with Gasteiger partial charge < -0.3 is 19.3 Å². The fourth-order valence-corrected chi connectivity index (χ4v) is 6.88. The molecule has 3 aromatic heterocycles. The average molecular weight is 828 g/mol. The number of aromatic nitrogens is 6. The zero-order chi connectivity index (χ0) is 42.9. The number of ether oxygens (including phenoxy) is 1. The molecule has 0 fully saturated rings. The molecule has 8 rings (SSSR count). The minimum Gasteiger partial charge on any atom is -0.478 e. The maximum Gasteiger partial charge on any atom is 0.449 e. The molecule has 3 N–H and O–H groups in total. The number of fused-ring (bicyclic) bond motifs is 3. The van der Waals surface area contributed by atoms with Crippen LogP contribution in [0.4, 0.5) is 22.0 Å². The van der Waals surface area contributed by atoms with Crippen molar-refractivity contribution in [1.29, 1.82) is 0 Å². The zero-order valence-electron chi connectivity index (χ0n) is 31.1. The van der Waals surface area contributed by atoms with Crippen LogP contribution in [-0.4, -0.2) is 71.5 Å². The molecular formula is C41H30F5N7O7. The first kappa shape index (κ1) is 40.6. The van der Waals surface area contributed by atoms with Gasteiger partial charge in [-0.2, -0.15) is 23.4 Å². The number of nitrogens with one attached hydrogen (secondary N) is 2. The Hall–Kier alpha value is -7.57. The molecule has 60 heavy (non-hydrogen) atoms. The van der Waals surface area contributed by atoms with Crippen LogP contribution in [0, 0.1) is 11.6 Å². The Morgan fingerprint density at radius 3 is 1.75 bits per heavy atom. The number of rotatable bonds is 7. The van der Waals surface area contributed by atoms with Gasteiger partial charge in [0, 0.05) is 36.7 Å². The first-order chi connectivity index (χ1) is 28.6. The van der Waals surface area contributed by atoms with Crippen LogP contribution in [0.1, 0.15) is 65.2 Å². The molecule has 0 atom stereocenters. The van der Waals surface area contributed by atoms with E-state index in [1.54, 1.807) is 48.5 Å². The lowest BCUT2D eigenvalue weighted by Crippen LogP contribution is -2.40. The van der Waals surface area contributed by atoms with Gasteiger partial charge in [0.1, 0.15) is 11.6 Å². The van der Waals surface area contributed by atoms with E-state index < -0.39 is 53.7 Å². The molecule has 0 bridgehead atoms. The number of benzene rings is 4. The van der Waals surface area contributed by atoms with Gasteiger partial charge in [-0.1, -0.05) is 48.5 Å². The number of halogens is 5. The van der Waals surface area contributed by atoms with Crippen LogP contribution in [0.5, 0.6) is 0 Å². The summed E-state index contributed by atoms with van der Waals surface area (Å²) >= 11 is 0. The fraction of sp³-hybridized carbons (Fsp3) is 0.171. The van der Waals surface area contributed by atoms with Crippen LogP contribution < -0.4 is 11.1 Å². The lowest BCUT2D eigenvalue weighted by molar-refractivity contribution is -0.147. The molecule has 1 aliphatic heterocycles. The molecule has 0 saturated carbocycles. The number of aromatic carboxylic acids is 1. The number of methoxy groups -OCH3 is 1. The molecule has 7 aromatic rings. The number of carbonyl (C=O) groups excluding carboxylic acids is 2. The van der Waals surface area contributed by atoms with Crippen LogP contribution >= 0.6 is 0 Å². The third-order valence-corrected chi connectivity index (χ3v) is 9.74. The van der Waals surface area contributed by atoms with Crippen molar-refractivity contribution in [3.63, 3.8) is 0 Å². The highest BCUT2D eigenvalue weighted by Crippen LogP contribution is 2.33. The van der Waals surface area contributed by atoms with E-state index in [-0.39, 0.29) is 53.9 Å². The first-order valence-electron chi connectivity index (χ1n) is 17.9. The van der Waals surface area contributed by atoms with Gasteiger partial charge in [-0.25, -0.2) is 33.6 Å². The Kier molecular flexibility index (Phi) is 11.1. The van der Waals surface area contributed by atoms with Crippen LogP contribution in [0.15, 0.2) is 94.5 Å². The molecule has 1 amide bonds. The lowest BCUT2D eigenvalue weighted by atomic mass is 10.0. The van der Waals surface area contributed by atoms with E-state index in [1.165, 1.54) is 24.3 Å². The van der Waals surface area contributed by atoms with Gasteiger partial charge in [0.05, 0.1) is 52.6 Å². The Morgan fingerprint density at radius 2 is 1.25 bits per heavy atom. The predicted octanol–water partition coefficient (Wildman–Crippen LogP) is 5.66. The highest BCUT2D eigenvalue weighted by Gasteiger charge is 2.42. The van der Waals surface area contributed by atoms with E-state index in [9.17, 15) is 45.9 Å². The normalized spacial score (nSPS) is 12.5. The maximum atomic E-state index is 14.8. The molecular weight excluding hydrogens is 797 g/mol. The number of esters is 1. The number of hydrogen-bond acceptors (Lipinski definition) is 9. The third kappa shape index (κ3) is 8.09. The van der Waals surface area contributed by atoms with E-state index in [2.05, 4.69) is 30.1 Å². The van der Waals surface area contributed by atoms with Crippen molar-refractivity contribution >= 4 is 39.4 Å². The lowest BCUT2D eigenvalue weighted by Gasteiger charge is -2.29. The number of carbonyl (C=O) groups is 3. The summed E-state index contributed by atoms with van der Waals surface area (Å²) in [5, 5.41) is 24.1. The number of imidazole rings is 1. The van der Waals surface area contributed by atoms with Crippen molar-refractivity contribution < 1.29 is 46.2 Å². The maximum absolute atomic E-state index is 14.8. The molecule has 0 spiro atoms. The van der Waals surface area contributed by atoms with Crippen molar-refractivity contribution in [2.75, 3.05) is 13.7 Å². The Labute approximate surface area is 333 Å². The van der Waals surface area contributed by atoms with Crippen molar-refractivity contribution in [2.45, 2.75) is 32.1 Å². The summed E-state index contributed by atoms with van der Waals surface area (Å²) in [5.41, 5.74) is 0.207. The van der Waals surface area contributed by atoms with E-state index >= 15 is 0 Å². The second kappa shape index (κ2) is 16.4. The summed E-state index contributed by atoms with van der Waals surface area (Å²) in [6, 6.07) is 21.7. The highest BCUT2D eigenvalue weighted by atomic mass is 19.4. The van der Waals surface area contributed by atoms with Gasteiger partial charge in [-0.3, -0.25) is 14.4 Å². The number of alkyl halides is 3.